The maximum absolute atomic E-state index is 12.3. The maximum Gasteiger partial charge on any atom is 0.264 e. The molecule has 3 aromatic rings. The van der Waals surface area contributed by atoms with Gasteiger partial charge in [0.2, 0.25) is 5.95 Å². The van der Waals surface area contributed by atoms with Gasteiger partial charge in [-0.1, -0.05) is 34.8 Å². The second-order valence-corrected chi connectivity index (χ2v) is 7.36. The first kappa shape index (κ1) is 15.4. The van der Waals surface area contributed by atoms with E-state index in [-0.39, 0.29) is 10.8 Å². The number of aromatic nitrogens is 2. The Hall–Kier alpha value is -1.47. The lowest BCUT2D eigenvalue weighted by Gasteiger charge is -2.04. The lowest BCUT2D eigenvalue weighted by atomic mass is 10.3. The summed E-state index contributed by atoms with van der Waals surface area (Å²) >= 11 is 17.6. The van der Waals surface area contributed by atoms with E-state index >= 15 is 0 Å². The highest BCUT2D eigenvalue weighted by Crippen LogP contribution is 2.28. The summed E-state index contributed by atoms with van der Waals surface area (Å²) in [5, 5.41) is 1.14. The molecule has 5 nitrogen and oxygen atoms in total. The van der Waals surface area contributed by atoms with E-state index in [0.29, 0.717) is 26.1 Å². The van der Waals surface area contributed by atoms with Gasteiger partial charge in [-0.25, -0.2) is 18.1 Å². The number of hydrogen-bond acceptors (Lipinski definition) is 3. The average molecular weight is 377 g/mol. The number of rotatable bonds is 3. The first-order valence-corrected chi connectivity index (χ1v) is 8.60. The summed E-state index contributed by atoms with van der Waals surface area (Å²) in [7, 11) is -3.77. The number of anilines is 1. The molecule has 0 saturated heterocycles. The molecule has 0 aliphatic rings. The van der Waals surface area contributed by atoms with Crippen molar-refractivity contribution in [3.8, 4) is 0 Å². The average Bonchev–Trinajstić information content (AvgIpc) is 2.80. The quantitative estimate of drug-likeness (QED) is 0.714. The zero-order valence-electron chi connectivity index (χ0n) is 10.8. The van der Waals surface area contributed by atoms with Crippen LogP contribution in [-0.2, 0) is 10.0 Å². The predicted molar refractivity (Wildman–Crippen MR) is 88.4 cm³/mol. The Bertz CT molecular complexity index is 914. The highest BCUT2D eigenvalue weighted by Gasteiger charge is 2.16. The Morgan fingerprint density at radius 3 is 2.32 bits per heavy atom. The van der Waals surface area contributed by atoms with E-state index in [1.807, 2.05) is 0 Å². The molecule has 114 valence electrons. The van der Waals surface area contributed by atoms with Crippen molar-refractivity contribution in [3.05, 3.63) is 51.5 Å². The number of sulfonamides is 1. The highest BCUT2D eigenvalue weighted by atomic mass is 35.5. The van der Waals surface area contributed by atoms with Crippen LogP contribution in [0.5, 0.6) is 0 Å². The van der Waals surface area contributed by atoms with Crippen LogP contribution < -0.4 is 4.72 Å². The lowest BCUT2D eigenvalue weighted by molar-refractivity contribution is 0.601. The number of aromatic amines is 1. The van der Waals surface area contributed by atoms with E-state index in [1.165, 1.54) is 24.3 Å². The van der Waals surface area contributed by atoms with Crippen molar-refractivity contribution in [1.29, 1.82) is 0 Å². The van der Waals surface area contributed by atoms with Crippen LogP contribution in [-0.4, -0.2) is 18.4 Å². The zero-order valence-corrected chi connectivity index (χ0v) is 13.9. The summed E-state index contributed by atoms with van der Waals surface area (Å²) in [4.78, 5) is 7.04. The van der Waals surface area contributed by atoms with Gasteiger partial charge in [-0.05, 0) is 36.4 Å². The Kier molecular flexibility index (Phi) is 3.94. The van der Waals surface area contributed by atoms with Crippen LogP contribution in [0.3, 0.4) is 0 Å². The zero-order chi connectivity index (χ0) is 15.9. The van der Waals surface area contributed by atoms with Gasteiger partial charge in [-0.3, -0.25) is 0 Å². The van der Waals surface area contributed by atoms with Crippen LogP contribution >= 0.6 is 34.8 Å². The molecule has 1 aromatic heterocycles. The van der Waals surface area contributed by atoms with Gasteiger partial charge < -0.3 is 4.98 Å². The third-order valence-electron chi connectivity index (χ3n) is 2.88. The molecular weight excluding hydrogens is 369 g/mol. The van der Waals surface area contributed by atoms with E-state index in [9.17, 15) is 8.42 Å². The van der Waals surface area contributed by atoms with Crippen molar-refractivity contribution in [2.24, 2.45) is 0 Å². The van der Waals surface area contributed by atoms with Crippen LogP contribution in [0.1, 0.15) is 0 Å². The van der Waals surface area contributed by atoms with Crippen LogP contribution in [0.15, 0.2) is 41.3 Å². The first-order chi connectivity index (χ1) is 10.3. The van der Waals surface area contributed by atoms with Crippen LogP contribution in [0.4, 0.5) is 5.95 Å². The van der Waals surface area contributed by atoms with Gasteiger partial charge in [-0.15, -0.1) is 0 Å². The number of nitrogens with one attached hydrogen (secondary N) is 2. The van der Waals surface area contributed by atoms with Crippen molar-refractivity contribution in [2.45, 2.75) is 4.90 Å². The van der Waals surface area contributed by atoms with Gasteiger partial charge in [0.05, 0.1) is 26.0 Å². The summed E-state index contributed by atoms with van der Waals surface area (Å²) < 4.78 is 26.9. The third-order valence-corrected chi connectivity index (χ3v) is 5.21. The Labute approximate surface area is 141 Å². The topological polar surface area (TPSA) is 74.8 Å². The summed E-state index contributed by atoms with van der Waals surface area (Å²) in [6, 6.07) is 8.92. The van der Waals surface area contributed by atoms with Gasteiger partial charge in [0, 0.05) is 5.02 Å². The fourth-order valence-electron chi connectivity index (χ4n) is 1.85. The number of halogens is 3. The number of hydrogen-bond donors (Lipinski definition) is 2. The van der Waals surface area contributed by atoms with E-state index in [2.05, 4.69) is 14.7 Å². The van der Waals surface area contributed by atoms with E-state index in [1.54, 1.807) is 12.1 Å². The van der Waals surface area contributed by atoms with E-state index < -0.39 is 10.0 Å². The predicted octanol–water partition coefficient (Wildman–Crippen LogP) is 4.32. The molecule has 3 rings (SSSR count). The Morgan fingerprint density at radius 2 is 1.64 bits per heavy atom. The number of fused-ring (bicyclic) bond motifs is 1. The molecule has 0 spiro atoms. The van der Waals surface area contributed by atoms with Gasteiger partial charge in [0.15, 0.2) is 0 Å². The summed E-state index contributed by atoms with van der Waals surface area (Å²) in [6.45, 7) is 0. The van der Waals surface area contributed by atoms with Gasteiger partial charge in [-0.2, -0.15) is 0 Å². The normalized spacial score (nSPS) is 11.8. The molecule has 0 bridgehead atoms. The van der Waals surface area contributed by atoms with Gasteiger partial charge >= 0.3 is 0 Å². The van der Waals surface area contributed by atoms with Crippen molar-refractivity contribution >= 4 is 61.8 Å². The fraction of sp³-hybridized carbons (Fsp3) is 0. The van der Waals surface area contributed by atoms with Gasteiger partial charge in [0.25, 0.3) is 10.0 Å². The minimum absolute atomic E-state index is 0.0725. The molecule has 0 fully saturated rings. The molecule has 22 heavy (non-hydrogen) atoms. The van der Waals surface area contributed by atoms with Crippen molar-refractivity contribution < 1.29 is 8.42 Å². The Balaban J connectivity index is 1.96. The van der Waals surface area contributed by atoms with Crippen LogP contribution in [0, 0.1) is 0 Å². The molecule has 0 amide bonds. The number of H-pyrrole nitrogens is 1. The summed E-state index contributed by atoms with van der Waals surface area (Å²) in [6.07, 6.45) is 0. The molecule has 0 radical (unpaired) electrons. The molecule has 0 aliphatic heterocycles. The number of benzene rings is 2. The fourth-order valence-corrected chi connectivity index (χ4v) is 3.26. The molecule has 9 heteroatoms. The van der Waals surface area contributed by atoms with E-state index in [0.717, 1.165) is 0 Å². The second kappa shape index (κ2) is 5.62. The second-order valence-electron chi connectivity index (χ2n) is 4.43. The molecular formula is C13H8Cl3N3O2S. The highest BCUT2D eigenvalue weighted by molar-refractivity contribution is 7.92. The monoisotopic (exact) mass is 375 g/mol. The third kappa shape index (κ3) is 3.01. The minimum Gasteiger partial charge on any atom is -0.323 e. The SMILES string of the molecule is O=S(=O)(Nc1nc2cc(Cl)c(Cl)cc2[nH]1)c1ccc(Cl)cc1. The van der Waals surface area contributed by atoms with Gasteiger partial charge in [0.1, 0.15) is 0 Å². The molecule has 2 N–H and O–H groups in total. The summed E-state index contributed by atoms with van der Waals surface area (Å²) in [5.41, 5.74) is 1.08. The van der Waals surface area contributed by atoms with Crippen LogP contribution in [0.2, 0.25) is 15.1 Å². The molecule has 0 aliphatic carbocycles. The smallest absolute Gasteiger partial charge is 0.264 e. The number of nitrogens with zero attached hydrogens (tertiary/aromatic N) is 1. The molecule has 2 aromatic carbocycles. The molecule has 0 atom stereocenters. The maximum atomic E-state index is 12.3. The summed E-state index contributed by atoms with van der Waals surface area (Å²) in [5.74, 6) is 0.0725. The van der Waals surface area contributed by atoms with Crippen molar-refractivity contribution in [2.75, 3.05) is 4.72 Å². The minimum atomic E-state index is -3.77. The standard InChI is InChI=1S/C13H8Cl3N3O2S/c14-7-1-3-8(4-2-7)22(20,21)19-13-17-11-5-9(15)10(16)6-12(11)18-13/h1-6H,(H2,17,18,19). The number of imidazole rings is 1. The largest absolute Gasteiger partial charge is 0.323 e. The van der Waals surface area contributed by atoms with E-state index in [4.69, 9.17) is 34.8 Å². The first-order valence-electron chi connectivity index (χ1n) is 5.98. The lowest BCUT2D eigenvalue weighted by Crippen LogP contribution is -2.13. The van der Waals surface area contributed by atoms with Crippen molar-refractivity contribution in [3.63, 3.8) is 0 Å². The Morgan fingerprint density at radius 1 is 1.00 bits per heavy atom. The van der Waals surface area contributed by atoms with Crippen molar-refractivity contribution in [1.82, 2.24) is 9.97 Å². The van der Waals surface area contributed by atoms with Crippen LogP contribution in [0.25, 0.3) is 11.0 Å². The molecule has 1 heterocycles. The molecule has 0 saturated carbocycles. The molecule has 0 unspecified atom stereocenters.